The predicted octanol–water partition coefficient (Wildman–Crippen LogP) is 1.19. The molecule has 2 heterocycles. The number of pyridine rings is 1. The molecule has 0 fully saturated rings. The van der Waals surface area contributed by atoms with E-state index < -0.39 is 5.97 Å². The molecule has 0 saturated carbocycles. The Labute approximate surface area is 109 Å². The van der Waals surface area contributed by atoms with Gasteiger partial charge < -0.3 is 5.11 Å². The number of nitrogens with zero attached hydrogens (tertiary/aromatic N) is 3. The van der Waals surface area contributed by atoms with E-state index in [1.165, 1.54) is 10.6 Å². The third-order valence-corrected chi connectivity index (χ3v) is 3.09. The minimum atomic E-state index is -1.04. The lowest BCUT2D eigenvalue weighted by Crippen LogP contribution is -2.24. The third kappa shape index (κ3) is 2.05. The average Bonchev–Trinajstić information content (AvgIpc) is 2.56. The molecule has 6 nitrogen and oxygen atoms in total. The van der Waals surface area contributed by atoms with Crippen molar-refractivity contribution in [2.24, 2.45) is 7.05 Å². The van der Waals surface area contributed by atoms with E-state index in [-0.39, 0.29) is 11.1 Å². The average molecular weight is 261 g/mol. The molecule has 2 aromatic rings. The van der Waals surface area contributed by atoms with Crippen LogP contribution in [0.3, 0.4) is 0 Å². The summed E-state index contributed by atoms with van der Waals surface area (Å²) in [5.74, 6) is -1.04. The molecule has 0 aliphatic rings. The molecule has 2 aromatic heterocycles. The molecule has 0 aliphatic carbocycles. The maximum absolute atomic E-state index is 12.1. The van der Waals surface area contributed by atoms with Crippen LogP contribution in [0.15, 0.2) is 17.1 Å². The summed E-state index contributed by atoms with van der Waals surface area (Å²) in [5, 5.41) is 13.4. The van der Waals surface area contributed by atoms with Crippen LogP contribution in [0.4, 0.5) is 0 Å². The molecule has 0 aromatic carbocycles. The number of aromatic carboxylic acids is 1. The van der Waals surface area contributed by atoms with Crippen LogP contribution in [0.25, 0.3) is 5.69 Å². The standard InChI is InChI=1S/C13H15N3O3/c1-7-5-11(17)16(9(3)12(7)13(18)19)10-6-15(4)14-8(10)2/h5-6H,1-4H3,(H,18,19). The summed E-state index contributed by atoms with van der Waals surface area (Å²) in [6.07, 6.45) is 1.70. The van der Waals surface area contributed by atoms with Crippen LogP contribution in [0.5, 0.6) is 0 Å². The van der Waals surface area contributed by atoms with Crippen LogP contribution in [0, 0.1) is 20.8 Å². The lowest BCUT2D eigenvalue weighted by molar-refractivity contribution is 0.0694. The highest BCUT2D eigenvalue weighted by Crippen LogP contribution is 2.17. The van der Waals surface area contributed by atoms with Crippen molar-refractivity contribution in [3.05, 3.63) is 45.1 Å². The van der Waals surface area contributed by atoms with Crippen LogP contribution >= 0.6 is 0 Å². The topological polar surface area (TPSA) is 77.1 Å². The molecule has 0 saturated heterocycles. The van der Waals surface area contributed by atoms with Gasteiger partial charge in [-0.2, -0.15) is 5.10 Å². The summed E-state index contributed by atoms with van der Waals surface area (Å²) in [6, 6.07) is 1.34. The molecular weight excluding hydrogens is 246 g/mol. The van der Waals surface area contributed by atoms with Crippen LogP contribution in [0.1, 0.15) is 27.3 Å². The van der Waals surface area contributed by atoms with Gasteiger partial charge in [0.15, 0.2) is 0 Å². The Morgan fingerprint density at radius 1 is 1.32 bits per heavy atom. The van der Waals surface area contributed by atoms with E-state index in [2.05, 4.69) is 5.10 Å². The minimum absolute atomic E-state index is 0.155. The number of hydrogen-bond donors (Lipinski definition) is 1. The van der Waals surface area contributed by atoms with Gasteiger partial charge in [-0.25, -0.2) is 4.79 Å². The van der Waals surface area contributed by atoms with Crippen molar-refractivity contribution in [2.75, 3.05) is 0 Å². The first-order chi connectivity index (χ1) is 8.82. The van der Waals surface area contributed by atoms with Crippen LogP contribution in [-0.4, -0.2) is 25.4 Å². The Bertz CT molecular complexity index is 725. The normalized spacial score (nSPS) is 10.7. The maximum Gasteiger partial charge on any atom is 0.337 e. The maximum atomic E-state index is 12.1. The van der Waals surface area contributed by atoms with Gasteiger partial charge >= 0.3 is 5.97 Å². The van der Waals surface area contributed by atoms with E-state index in [0.717, 1.165) is 0 Å². The lowest BCUT2D eigenvalue weighted by Gasteiger charge is -2.13. The van der Waals surface area contributed by atoms with Crippen molar-refractivity contribution in [3.63, 3.8) is 0 Å². The largest absolute Gasteiger partial charge is 0.478 e. The highest BCUT2D eigenvalue weighted by molar-refractivity contribution is 5.90. The lowest BCUT2D eigenvalue weighted by atomic mass is 10.1. The molecule has 6 heteroatoms. The van der Waals surface area contributed by atoms with E-state index >= 15 is 0 Å². The van der Waals surface area contributed by atoms with Crippen molar-refractivity contribution >= 4 is 5.97 Å². The zero-order valence-electron chi connectivity index (χ0n) is 11.3. The smallest absolute Gasteiger partial charge is 0.337 e. The van der Waals surface area contributed by atoms with Crippen LogP contribution in [-0.2, 0) is 7.05 Å². The van der Waals surface area contributed by atoms with Crippen LogP contribution in [0.2, 0.25) is 0 Å². The van der Waals surface area contributed by atoms with Gasteiger partial charge in [0.1, 0.15) is 0 Å². The molecule has 1 N–H and O–H groups in total. The molecule has 0 atom stereocenters. The third-order valence-electron chi connectivity index (χ3n) is 3.09. The molecule has 2 rings (SSSR count). The highest BCUT2D eigenvalue weighted by atomic mass is 16.4. The van der Waals surface area contributed by atoms with Gasteiger partial charge in [-0.05, 0) is 26.3 Å². The van der Waals surface area contributed by atoms with Crippen molar-refractivity contribution in [1.82, 2.24) is 14.3 Å². The van der Waals surface area contributed by atoms with Crippen molar-refractivity contribution in [2.45, 2.75) is 20.8 Å². The van der Waals surface area contributed by atoms with Gasteiger partial charge in [0.2, 0.25) is 0 Å². The van der Waals surface area contributed by atoms with E-state index in [4.69, 9.17) is 0 Å². The summed E-state index contributed by atoms with van der Waals surface area (Å²) < 4.78 is 2.98. The van der Waals surface area contributed by atoms with Gasteiger partial charge in [-0.3, -0.25) is 14.0 Å². The fraction of sp³-hybridized carbons (Fsp3) is 0.308. The molecule has 19 heavy (non-hydrogen) atoms. The molecule has 0 amide bonds. The van der Waals surface area contributed by atoms with Gasteiger partial charge in [0.05, 0.1) is 16.9 Å². The number of aromatic nitrogens is 3. The number of carboxylic acids is 1. The fourth-order valence-corrected chi connectivity index (χ4v) is 2.31. The number of aryl methyl sites for hydroxylation is 3. The predicted molar refractivity (Wildman–Crippen MR) is 70.0 cm³/mol. The molecular formula is C13H15N3O3. The van der Waals surface area contributed by atoms with Crippen LogP contribution < -0.4 is 5.56 Å². The second-order valence-electron chi connectivity index (χ2n) is 4.54. The first-order valence-electron chi connectivity index (χ1n) is 5.80. The summed E-state index contributed by atoms with van der Waals surface area (Å²) in [7, 11) is 1.75. The molecule has 0 spiro atoms. The summed E-state index contributed by atoms with van der Waals surface area (Å²) >= 11 is 0. The number of rotatable bonds is 2. The summed E-state index contributed by atoms with van der Waals surface area (Å²) in [6.45, 7) is 5.03. The quantitative estimate of drug-likeness (QED) is 0.881. The van der Waals surface area contributed by atoms with E-state index in [1.54, 1.807) is 38.7 Å². The Hall–Kier alpha value is -2.37. The monoisotopic (exact) mass is 261 g/mol. The number of hydrogen-bond acceptors (Lipinski definition) is 3. The second kappa shape index (κ2) is 4.38. The number of carbonyl (C=O) groups is 1. The summed E-state index contributed by atoms with van der Waals surface area (Å²) in [4.78, 5) is 23.4. The molecule has 100 valence electrons. The number of carboxylic acid groups (broad SMARTS) is 1. The second-order valence-corrected chi connectivity index (χ2v) is 4.54. The molecule has 0 bridgehead atoms. The molecule has 0 radical (unpaired) electrons. The first-order valence-corrected chi connectivity index (χ1v) is 5.80. The minimum Gasteiger partial charge on any atom is -0.478 e. The van der Waals surface area contributed by atoms with Crippen molar-refractivity contribution < 1.29 is 9.90 Å². The first kappa shape index (κ1) is 13.1. The molecule has 0 unspecified atom stereocenters. The van der Waals surface area contributed by atoms with Gasteiger partial charge in [0, 0.05) is 25.0 Å². The Kier molecular flexibility index (Phi) is 3.01. The zero-order chi connectivity index (χ0) is 14.3. The SMILES string of the molecule is Cc1cc(=O)n(-c2cn(C)nc2C)c(C)c1C(=O)O. The van der Waals surface area contributed by atoms with E-state index in [9.17, 15) is 14.7 Å². The van der Waals surface area contributed by atoms with Gasteiger partial charge in [-0.1, -0.05) is 0 Å². The summed E-state index contributed by atoms with van der Waals surface area (Å²) in [5.41, 5.74) is 2.06. The fourth-order valence-electron chi connectivity index (χ4n) is 2.31. The molecule has 0 aliphatic heterocycles. The Morgan fingerprint density at radius 2 is 1.95 bits per heavy atom. The Morgan fingerprint density at radius 3 is 2.42 bits per heavy atom. The van der Waals surface area contributed by atoms with Crippen molar-refractivity contribution in [3.8, 4) is 5.69 Å². The van der Waals surface area contributed by atoms with Crippen molar-refractivity contribution in [1.29, 1.82) is 0 Å². The van der Waals surface area contributed by atoms with E-state index in [0.29, 0.717) is 22.6 Å². The van der Waals surface area contributed by atoms with Gasteiger partial charge in [0.25, 0.3) is 5.56 Å². The Balaban J connectivity index is 2.85. The zero-order valence-corrected chi connectivity index (χ0v) is 11.3. The highest BCUT2D eigenvalue weighted by Gasteiger charge is 2.18. The van der Waals surface area contributed by atoms with Gasteiger partial charge in [-0.15, -0.1) is 0 Å². The van der Waals surface area contributed by atoms with E-state index in [1.807, 2.05) is 0 Å².